The van der Waals surface area contributed by atoms with Crippen LogP contribution < -0.4 is 14.2 Å². The van der Waals surface area contributed by atoms with Crippen LogP contribution in [0, 0.1) is 14.9 Å². The van der Waals surface area contributed by atoms with Crippen LogP contribution in [0.1, 0.15) is 5.56 Å². The number of non-ortho nitro benzene ring substituents is 1. The van der Waals surface area contributed by atoms with E-state index in [0.29, 0.717) is 34.2 Å². The zero-order valence-electron chi connectivity index (χ0n) is 15.8. The van der Waals surface area contributed by atoms with Crippen molar-refractivity contribution in [1.29, 1.82) is 0 Å². The van der Waals surface area contributed by atoms with Gasteiger partial charge in [-0.15, -0.1) is 0 Å². The molecule has 1 heterocycles. The average Bonchev–Trinajstić information content (AvgIpc) is 3.11. The quantitative estimate of drug-likeness (QED) is 0.272. The molecule has 2 aromatic carbocycles. The molecular weight excluding hydrogens is 398 g/mol. The van der Waals surface area contributed by atoms with E-state index in [1.54, 1.807) is 24.3 Å². The Morgan fingerprint density at radius 2 is 1.76 bits per heavy atom. The third-order valence-corrected chi connectivity index (χ3v) is 4.26. The number of H-pyrrole nitrogens is 1. The highest BCUT2D eigenvalue weighted by molar-refractivity contribution is 7.71. The van der Waals surface area contributed by atoms with Gasteiger partial charge in [0.05, 0.1) is 32.5 Å². The standard InChI is InChI=1S/C18H17N5O5S/c1-26-14-8-12(9-15(27-2)16(14)28-3)17-20-21-18(29)22(17)19-10-11-4-6-13(7-5-11)23(24)25/h4-10H,1-3H3,(H,21,29)/b19-10+. The maximum Gasteiger partial charge on any atom is 0.269 e. The maximum absolute atomic E-state index is 10.8. The molecule has 0 aliphatic heterocycles. The molecule has 1 N–H and O–H groups in total. The zero-order chi connectivity index (χ0) is 21.0. The van der Waals surface area contributed by atoms with Crippen molar-refractivity contribution < 1.29 is 19.1 Å². The first-order valence-corrected chi connectivity index (χ1v) is 8.66. The van der Waals surface area contributed by atoms with Crippen LogP contribution in [0.4, 0.5) is 5.69 Å². The van der Waals surface area contributed by atoms with Crippen molar-refractivity contribution >= 4 is 24.1 Å². The number of benzene rings is 2. The van der Waals surface area contributed by atoms with E-state index in [4.69, 9.17) is 26.4 Å². The highest BCUT2D eigenvalue weighted by Crippen LogP contribution is 2.40. The number of nitro groups is 1. The smallest absolute Gasteiger partial charge is 0.269 e. The second-order valence-corrected chi connectivity index (χ2v) is 6.06. The SMILES string of the molecule is COc1cc(-c2n[nH]c(=S)n2/N=C/c2ccc([N+](=O)[O-])cc2)cc(OC)c1OC. The largest absolute Gasteiger partial charge is 0.493 e. The van der Waals surface area contributed by atoms with Gasteiger partial charge in [0.15, 0.2) is 17.3 Å². The lowest BCUT2D eigenvalue weighted by atomic mass is 10.1. The van der Waals surface area contributed by atoms with Gasteiger partial charge in [0.1, 0.15) is 0 Å². The summed E-state index contributed by atoms with van der Waals surface area (Å²) < 4.78 is 17.8. The van der Waals surface area contributed by atoms with Crippen molar-refractivity contribution in [2.75, 3.05) is 21.3 Å². The predicted octanol–water partition coefficient (Wildman–Crippen LogP) is 3.42. The van der Waals surface area contributed by atoms with Gasteiger partial charge in [0, 0.05) is 17.7 Å². The third kappa shape index (κ3) is 4.09. The first kappa shape index (κ1) is 20.0. The van der Waals surface area contributed by atoms with Gasteiger partial charge in [0.2, 0.25) is 10.5 Å². The number of rotatable bonds is 7. The fourth-order valence-electron chi connectivity index (χ4n) is 2.60. The Bertz CT molecular complexity index is 1100. The number of nitrogens with one attached hydrogen (secondary N) is 1. The van der Waals surface area contributed by atoms with Crippen LogP contribution in [-0.2, 0) is 0 Å². The van der Waals surface area contributed by atoms with E-state index in [2.05, 4.69) is 15.3 Å². The Morgan fingerprint density at radius 1 is 1.14 bits per heavy atom. The molecule has 11 heteroatoms. The van der Waals surface area contributed by atoms with Gasteiger partial charge >= 0.3 is 0 Å². The monoisotopic (exact) mass is 415 g/mol. The topological polar surface area (TPSA) is 117 Å². The second-order valence-electron chi connectivity index (χ2n) is 5.67. The van der Waals surface area contributed by atoms with Crippen molar-refractivity contribution in [3.63, 3.8) is 0 Å². The van der Waals surface area contributed by atoms with E-state index >= 15 is 0 Å². The van der Waals surface area contributed by atoms with E-state index in [0.717, 1.165) is 0 Å². The number of aromatic amines is 1. The Morgan fingerprint density at radius 3 is 2.28 bits per heavy atom. The van der Waals surface area contributed by atoms with E-state index < -0.39 is 4.92 Å². The van der Waals surface area contributed by atoms with Crippen LogP contribution in [0.5, 0.6) is 17.2 Å². The molecule has 0 fully saturated rings. The minimum atomic E-state index is -0.463. The van der Waals surface area contributed by atoms with Crippen LogP contribution >= 0.6 is 12.2 Å². The van der Waals surface area contributed by atoms with Gasteiger partial charge in [-0.3, -0.25) is 10.1 Å². The third-order valence-electron chi connectivity index (χ3n) is 4.00. The first-order chi connectivity index (χ1) is 14.0. The molecule has 0 aliphatic rings. The van der Waals surface area contributed by atoms with Crippen LogP contribution in [0.2, 0.25) is 0 Å². The molecule has 0 atom stereocenters. The molecule has 0 spiro atoms. The summed E-state index contributed by atoms with van der Waals surface area (Å²) in [6.45, 7) is 0. The van der Waals surface area contributed by atoms with Crippen LogP contribution in [0.3, 0.4) is 0 Å². The van der Waals surface area contributed by atoms with Gasteiger partial charge in [-0.1, -0.05) is 0 Å². The number of nitrogens with zero attached hydrogens (tertiary/aromatic N) is 4. The first-order valence-electron chi connectivity index (χ1n) is 8.25. The molecule has 0 saturated heterocycles. The van der Waals surface area contributed by atoms with Crippen molar-refractivity contribution in [3.8, 4) is 28.6 Å². The van der Waals surface area contributed by atoms with Crippen LogP contribution in [0.15, 0.2) is 41.5 Å². The highest BCUT2D eigenvalue weighted by Gasteiger charge is 2.17. The van der Waals surface area contributed by atoms with Crippen molar-refractivity contribution in [3.05, 3.63) is 56.8 Å². The van der Waals surface area contributed by atoms with Gasteiger partial charge < -0.3 is 14.2 Å². The summed E-state index contributed by atoms with van der Waals surface area (Å²) in [5, 5.41) is 22.0. The second kappa shape index (κ2) is 8.52. The molecule has 0 radical (unpaired) electrons. The Hall–Kier alpha value is -3.73. The van der Waals surface area contributed by atoms with Gasteiger partial charge in [-0.2, -0.15) is 14.9 Å². The van der Waals surface area contributed by atoms with Gasteiger partial charge in [-0.05, 0) is 42.0 Å². The summed E-state index contributed by atoms with van der Waals surface area (Å²) in [4.78, 5) is 10.3. The van der Waals surface area contributed by atoms with Crippen molar-refractivity contribution in [2.24, 2.45) is 5.10 Å². The van der Waals surface area contributed by atoms with Gasteiger partial charge in [-0.25, -0.2) is 5.10 Å². The number of hydrogen-bond donors (Lipinski definition) is 1. The lowest BCUT2D eigenvalue weighted by Crippen LogP contribution is -1.99. The summed E-state index contributed by atoms with van der Waals surface area (Å²) in [6, 6.07) is 9.43. The highest BCUT2D eigenvalue weighted by atomic mass is 32.1. The molecular formula is C18H17N5O5S. The van der Waals surface area contributed by atoms with Crippen molar-refractivity contribution in [2.45, 2.75) is 0 Å². The predicted molar refractivity (Wildman–Crippen MR) is 109 cm³/mol. The number of ether oxygens (including phenoxy) is 3. The molecule has 0 aliphatic carbocycles. The molecule has 3 aromatic rings. The normalized spacial score (nSPS) is 10.9. The summed E-state index contributed by atoms with van der Waals surface area (Å²) in [5.74, 6) is 1.80. The molecule has 0 amide bonds. The fourth-order valence-corrected chi connectivity index (χ4v) is 2.78. The molecule has 150 valence electrons. The van der Waals surface area contributed by atoms with E-state index in [1.807, 2.05) is 0 Å². The van der Waals surface area contributed by atoms with E-state index in [-0.39, 0.29) is 10.5 Å². The van der Waals surface area contributed by atoms with Crippen molar-refractivity contribution in [1.82, 2.24) is 14.9 Å². The van der Waals surface area contributed by atoms with E-state index in [1.165, 1.54) is 44.4 Å². The molecule has 29 heavy (non-hydrogen) atoms. The lowest BCUT2D eigenvalue weighted by Gasteiger charge is -2.13. The van der Waals surface area contributed by atoms with E-state index in [9.17, 15) is 10.1 Å². The summed E-state index contributed by atoms with van der Waals surface area (Å²) in [6.07, 6.45) is 1.52. The number of nitro benzene ring substituents is 1. The molecule has 0 bridgehead atoms. The summed E-state index contributed by atoms with van der Waals surface area (Å²) in [7, 11) is 4.56. The Labute approximate surface area is 170 Å². The Balaban J connectivity index is 2.02. The zero-order valence-corrected chi connectivity index (χ0v) is 16.6. The maximum atomic E-state index is 10.8. The molecule has 0 unspecified atom stereocenters. The average molecular weight is 415 g/mol. The molecule has 3 rings (SSSR count). The molecule has 1 aromatic heterocycles. The number of aromatic nitrogens is 3. The minimum absolute atomic E-state index is 0.000171. The number of hydrogen-bond acceptors (Lipinski definition) is 8. The fraction of sp³-hybridized carbons (Fsp3) is 0.167. The minimum Gasteiger partial charge on any atom is -0.493 e. The number of methoxy groups -OCH3 is 3. The van der Waals surface area contributed by atoms with Crippen LogP contribution in [-0.4, -0.2) is 47.3 Å². The van der Waals surface area contributed by atoms with Crippen LogP contribution in [0.25, 0.3) is 11.4 Å². The summed E-state index contributed by atoms with van der Waals surface area (Å²) >= 11 is 5.27. The Kier molecular flexibility index (Phi) is 5.88. The molecule has 10 nitrogen and oxygen atoms in total. The lowest BCUT2D eigenvalue weighted by molar-refractivity contribution is -0.384. The molecule has 0 saturated carbocycles. The summed E-state index contributed by atoms with van der Waals surface area (Å²) in [5.41, 5.74) is 1.29. The van der Waals surface area contributed by atoms with Gasteiger partial charge in [0.25, 0.3) is 5.69 Å².